The molecule has 2 N–H and O–H groups in total. The minimum absolute atomic E-state index is 0.529. The van der Waals surface area contributed by atoms with Crippen LogP contribution in [-0.4, -0.2) is 5.11 Å². The van der Waals surface area contributed by atoms with Gasteiger partial charge in [0.25, 0.3) is 0 Å². The van der Waals surface area contributed by atoms with Gasteiger partial charge in [0.05, 0.1) is 0 Å². The van der Waals surface area contributed by atoms with E-state index in [9.17, 15) is 0 Å². The van der Waals surface area contributed by atoms with Crippen LogP contribution in [0, 0.1) is 0 Å². The molecule has 0 saturated heterocycles. The second-order valence-electron chi connectivity index (χ2n) is 10.8. The first kappa shape index (κ1) is 29.2. The molecule has 0 bridgehead atoms. The molecule has 218 valence electrons. The summed E-state index contributed by atoms with van der Waals surface area (Å²) in [6.45, 7) is 0.529. The van der Waals surface area contributed by atoms with Crippen LogP contribution in [0.1, 0.15) is 5.56 Å². The van der Waals surface area contributed by atoms with Gasteiger partial charge >= 0.3 is 0 Å². The van der Waals surface area contributed by atoms with Crippen molar-refractivity contribution in [3.05, 3.63) is 168 Å². The smallest absolute Gasteiger partial charge is 0.171 e. The van der Waals surface area contributed by atoms with Gasteiger partial charge in [0.1, 0.15) is 0 Å². The van der Waals surface area contributed by atoms with E-state index >= 15 is 0 Å². The summed E-state index contributed by atoms with van der Waals surface area (Å²) < 4.78 is 0. The molecule has 7 aromatic carbocycles. The summed E-state index contributed by atoms with van der Waals surface area (Å²) in [6.07, 6.45) is 0. The Labute approximate surface area is 275 Å². The highest BCUT2D eigenvalue weighted by atomic mass is 35.5. The van der Waals surface area contributed by atoms with Crippen LogP contribution in [0.2, 0.25) is 5.02 Å². The molecule has 0 aliphatic heterocycles. The topological polar surface area (TPSA) is 24.1 Å². The van der Waals surface area contributed by atoms with Gasteiger partial charge in [0, 0.05) is 28.4 Å². The maximum Gasteiger partial charge on any atom is 0.171 e. The molecule has 0 saturated carbocycles. The van der Waals surface area contributed by atoms with Crippen LogP contribution in [-0.2, 0) is 6.54 Å². The van der Waals surface area contributed by atoms with Crippen molar-refractivity contribution in [3.8, 4) is 11.1 Å². The number of fused-ring (bicyclic) bond motifs is 2. The Hall–Kier alpha value is -4.53. The molecule has 45 heavy (non-hydrogen) atoms. The van der Waals surface area contributed by atoms with Gasteiger partial charge in [0.15, 0.2) is 5.11 Å². The maximum atomic E-state index is 6.44. The molecule has 0 fully saturated rings. The third-order valence-electron chi connectivity index (χ3n) is 8.00. The monoisotopic (exact) mass is 636 g/mol. The molecule has 0 aliphatic carbocycles. The highest BCUT2D eigenvalue weighted by molar-refractivity contribution is 7.80. The fourth-order valence-corrected chi connectivity index (χ4v) is 8.78. The van der Waals surface area contributed by atoms with E-state index in [1.54, 1.807) is 0 Å². The molecule has 7 rings (SSSR count). The molecule has 0 spiro atoms. The number of anilines is 1. The van der Waals surface area contributed by atoms with Gasteiger partial charge in [-0.05, 0) is 75.3 Å². The fourth-order valence-electron chi connectivity index (χ4n) is 5.92. The van der Waals surface area contributed by atoms with Crippen LogP contribution in [0.5, 0.6) is 0 Å². The molecule has 0 heterocycles. The van der Waals surface area contributed by atoms with Gasteiger partial charge in [0.2, 0.25) is 0 Å². The van der Waals surface area contributed by atoms with Crippen LogP contribution in [0.3, 0.4) is 0 Å². The Morgan fingerprint density at radius 2 is 1.09 bits per heavy atom. The highest BCUT2D eigenvalue weighted by Crippen LogP contribution is 2.44. The summed E-state index contributed by atoms with van der Waals surface area (Å²) >= 11 is 12.3. The van der Waals surface area contributed by atoms with Crippen molar-refractivity contribution in [1.29, 1.82) is 0 Å². The summed E-state index contributed by atoms with van der Waals surface area (Å²) in [4.78, 5) is 0. The summed E-state index contributed by atoms with van der Waals surface area (Å²) in [5.74, 6) is 0. The zero-order valence-corrected chi connectivity index (χ0v) is 26.9. The van der Waals surface area contributed by atoms with Gasteiger partial charge in [-0.2, -0.15) is 0 Å². The minimum Gasteiger partial charge on any atom is -0.358 e. The quantitative estimate of drug-likeness (QED) is 0.135. The number of benzene rings is 7. The van der Waals surface area contributed by atoms with Crippen molar-refractivity contribution in [1.82, 2.24) is 5.32 Å². The summed E-state index contributed by atoms with van der Waals surface area (Å²) in [5, 5.41) is 16.9. The van der Waals surface area contributed by atoms with Crippen LogP contribution in [0.15, 0.2) is 158 Å². The van der Waals surface area contributed by atoms with Crippen molar-refractivity contribution >= 4 is 80.0 Å². The lowest BCUT2D eigenvalue weighted by Gasteiger charge is -2.26. The number of hydrogen-bond acceptors (Lipinski definition) is 1. The first-order valence-electron chi connectivity index (χ1n) is 14.9. The molecule has 0 aromatic heterocycles. The maximum absolute atomic E-state index is 6.44. The summed E-state index contributed by atoms with van der Waals surface area (Å²) in [6, 6.07) is 55.8. The van der Waals surface area contributed by atoms with Gasteiger partial charge in [-0.1, -0.05) is 157 Å². The van der Waals surface area contributed by atoms with E-state index in [0.29, 0.717) is 11.7 Å². The molecular weight excluding hydrogens is 607 g/mol. The van der Waals surface area contributed by atoms with E-state index in [2.05, 4.69) is 144 Å². The van der Waals surface area contributed by atoms with E-state index in [4.69, 9.17) is 23.8 Å². The van der Waals surface area contributed by atoms with E-state index in [1.165, 1.54) is 43.0 Å². The predicted molar refractivity (Wildman–Crippen MR) is 200 cm³/mol. The van der Waals surface area contributed by atoms with Gasteiger partial charge in [-0.3, -0.25) is 0 Å². The molecule has 0 amide bonds. The number of rotatable bonds is 7. The molecule has 0 unspecified atom stereocenters. The lowest BCUT2D eigenvalue weighted by atomic mass is 9.92. The minimum atomic E-state index is -0.883. The largest absolute Gasteiger partial charge is 0.358 e. The van der Waals surface area contributed by atoms with Gasteiger partial charge in [-0.15, -0.1) is 0 Å². The van der Waals surface area contributed by atoms with E-state index in [-0.39, 0.29) is 0 Å². The fraction of sp³-hybridized carbons (Fsp3) is 0.0250. The number of halogens is 1. The number of nitrogens with one attached hydrogen (secondary N) is 2. The molecule has 2 nitrogen and oxygen atoms in total. The van der Waals surface area contributed by atoms with Crippen LogP contribution in [0.25, 0.3) is 32.7 Å². The van der Waals surface area contributed by atoms with Crippen molar-refractivity contribution < 1.29 is 0 Å². The second-order valence-corrected chi connectivity index (χ2v) is 13.8. The zero-order chi connectivity index (χ0) is 30.6. The third-order valence-corrected chi connectivity index (χ3v) is 11.1. The second kappa shape index (κ2) is 13.2. The predicted octanol–water partition coefficient (Wildman–Crippen LogP) is 9.56. The Kier molecular flexibility index (Phi) is 8.58. The van der Waals surface area contributed by atoms with Crippen LogP contribution in [0.4, 0.5) is 5.69 Å². The van der Waals surface area contributed by atoms with Gasteiger partial charge in [-0.25, -0.2) is 0 Å². The van der Waals surface area contributed by atoms with Crippen molar-refractivity contribution in [2.24, 2.45) is 0 Å². The Morgan fingerprint density at radius 1 is 0.556 bits per heavy atom. The van der Waals surface area contributed by atoms with Crippen LogP contribution < -0.4 is 26.5 Å². The molecule has 0 atom stereocenters. The summed E-state index contributed by atoms with van der Waals surface area (Å²) in [7, 11) is -0.883. The van der Waals surface area contributed by atoms with Crippen molar-refractivity contribution in [2.45, 2.75) is 6.54 Å². The molecule has 5 heteroatoms. The average Bonchev–Trinajstić information content (AvgIpc) is 3.09. The van der Waals surface area contributed by atoms with Gasteiger partial charge < -0.3 is 10.6 Å². The first-order chi connectivity index (χ1) is 22.2. The molecular formula is C40H30ClN2PS. The number of hydrogen-bond donors (Lipinski definition) is 2. The third kappa shape index (κ3) is 6.08. The van der Waals surface area contributed by atoms with Crippen molar-refractivity contribution in [3.63, 3.8) is 0 Å². The van der Waals surface area contributed by atoms with E-state index < -0.39 is 7.92 Å². The lowest BCUT2D eigenvalue weighted by molar-refractivity contribution is 0.926. The molecule has 0 aliphatic rings. The summed E-state index contributed by atoms with van der Waals surface area (Å²) in [5.41, 5.74) is 4.31. The first-order valence-corrected chi connectivity index (χ1v) is 17.0. The highest BCUT2D eigenvalue weighted by Gasteiger charge is 2.24. The molecule has 0 radical (unpaired) electrons. The Morgan fingerprint density at radius 3 is 1.73 bits per heavy atom. The van der Waals surface area contributed by atoms with Crippen LogP contribution >= 0.6 is 31.7 Å². The van der Waals surface area contributed by atoms with E-state index in [0.717, 1.165) is 21.8 Å². The zero-order valence-electron chi connectivity index (χ0n) is 24.5. The van der Waals surface area contributed by atoms with Crippen molar-refractivity contribution in [2.75, 3.05) is 5.32 Å². The Bertz CT molecular complexity index is 2090. The SMILES string of the molecule is S=C(NCc1ccccc1Cl)Nc1ccc2ccccc2c1-c1c(P(c2ccccc2)c2ccccc2)ccc2ccccc12. The lowest BCUT2D eigenvalue weighted by Crippen LogP contribution is -2.28. The average molecular weight is 637 g/mol. The number of thiocarbonyl (C=S) groups is 1. The Balaban J connectivity index is 1.44. The normalized spacial score (nSPS) is 11.2. The standard InChI is InChI=1S/C40H30ClN2PS/c41-35-22-12-9-15-30(35)27-42-40(45)43-36-25-23-28-13-7-10-20-33(28)38(36)39-34-21-11-8-14-29(34)24-26-37(39)44(31-16-3-1-4-17-31)32-18-5-2-6-19-32/h1-26H,27H2,(H2,42,43,45). The molecule has 7 aromatic rings. The van der Waals surface area contributed by atoms with E-state index in [1.807, 2.05) is 24.3 Å².